The van der Waals surface area contributed by atoms with Crippen LogP contribution in [0.5, 0.6) is 0 Å². The molecule has 4 aromatic rings. The first-order valence-corrected chi connectivity index (χ1v) is 12.8. The summed E-state index contributed by atoms with van der Waals surface area (Å²) >= 11 is 1.41. The highest BCUT2D eigenvalue weighted by Crippen LogP contribution is 2.33. The number of carbonyl (C=O) groups excluding carboxylic acids is 1. The number of thiazole rings is 1. The van der Waals surface area contributed by atoms with Crippen molar-refractivity contribution >= 4 is 42.4 Å². The van der Waals surface area contributed by atoms with Crippen molar-refractivity contribution < 1.29 is 13.2 Å². The van der Waals surface area contributed by atoms with Crippen LogP contribution in [0.25, 0.3) is 10.2 Å². The SMILES string of the molecule is CCc1cccc2sc(N(Cc3ccccn3)C(=O)c3ccccc3S(=O)(=O)CC)nc12. The van der Waals surface area contributed by atoms with Crippen LogP contribution in [0.2, 0.25) is 0 Å². The zero-order valence-corrected chi connectivity index (χ0v) is 19.5. The fraction of sp³-hybridized carbons (Fsp3) is 0.208. The predicted octanol–water partition coefficient (Wildman–Crippen LogP) is 4.89. The monoisotopic (exact) mass is 465 g/mol. The van der Waals surface area contributed by atoms with E-state index in [1.165, 1.54) is 22.3 Å². The molecule has 6 nitrogen and oxygen atoms in total. The van der Waals surface area contributed by atoms with Crippen LogP contribution in [-0.2, 0) is 22.8 Å². The van der Waals surface area contributed by atoms with Gasteiger partial charge in [-0.25, -0.2) is 13.4 Å². The summed E-state index contributed by atoms with van der Waals surface area (Å²) in [6.45, 7) is 3.82. The smallest absolute Gasteiger partial charge is 0.261 e. The van der Waals surface area contributed by atoms with Gasteiger partial charge in [0.25, 0.3) is 5.91 Å². The topological polar surface area (TPSA) is 80.2 Å². The molecule has 0 aliphatic carbocycles. The number of hydrogen-bond donors (Lipinski definition) is 0. The maximum Gasteiger partial charge on any atom is 0.261 e. The first kappa shape index (κ1) is 22.1. The van der Waals surface area contributed by atoms with E-state index in [0.717, 1.165) is 22.2 Å². The molecular formula is C24H23N3O3S2. The maximum atomic E-state index is 13.8. The molecule has 0 radical (unpaired) electrons. The van der Waals surface area contributed by atoms with E-state index in [0.29, 0.717) is 10.8 Å². The van der Waals surface area contributed by atoms with Crippen LogP contribution in [0.3, 0.4) is 0 Å². The molecule has 164 valence electrons. The number of para-hydroxylation sites is 1. The van der Waals surface area contributed by atoms with E-state index in [1.807, 2.05) is 36.4 Å². The molecule has 2 heterocycles. The molecule has 8 heteroatoms. The summed E-state index contributed by atoms with van der Waals surface area (Å²) in [4.78, 5) is 24.5. The van der Waals surface area contributed by atoms with Crippen molar-refractivity contribution in [2.75, 3.05) is 10.7 Å². The Labute approximate surface area is 191 Å². The maximum absolute atomic E-state index is 13.8. The van der Waals surface area contributed by atoms with Gasteiger partial charge in [-0.2, -0.15) is 0 Å². The zero-order valence-electron chi connectivity index (χ0n) is 17.9. The van der Waals surface area contributed by atoms with Crippen LogP contribution >= 0.6 is 11.3 Å². The number of sulfone groups is 1. The lowest BCUT2D eigenvalue weighted by Gasteiger charge is -2.21. The molecule has 0 saturated carbocycles. The molecule has 0 fully saturated rings. The van der Waals surface area contributed by atoms with Crippen molar-refractivity contribution in [2.45, 2.75) is 31.7 Å². The number of aryl methyl sites for hydroxylation is 1. The van der Waals surface area contributed by atoms with Crippen molar-refractivity contribution in [1.82, 2.24) is 9.97 Å². The molecule has 0 N–H and O–H groups in total. The van der Waals surface area contributed by atoms with Crippen molar-refractivity contribution in [3.8, 4) is 0 Å². The third-order valence-corrected chi connectivity index (χ3v) is 8.06. The number of rotatable bonds is 7. The Hall–Kier alpha value is -3.10. The standard InChI is InChI=1S/C24H23N3O3S2/c1-3-17-10-9-13-20-22(17)26-24(31-20)27(16-18-11-7-8-15-25-18)23(28)19-12-5-6-14-21(19)32(29,30)4-2/h5-15H,3-4,16H2,1-2H3. The lowest BCUT2D eigenvalue weighted by molar-refractivity contribution is 0.0981. The second-order valence-electron chi connectivity index (χ2n) is 7.23. The summed E-state index contributed by atoms with van der Waals surface area (Å²) in [6.07, 6.45) is 2.49. The number of nitrogens with zero attached hydrogens (tertiary/aromatic N) is 3. The normalized spacial score (nSPS) is 11.6. The van der Waals surface area contributed by atoms with Gasteiger partial charge in [0.15, 0.2) is 15.0 Å². The molecule has 4 rings (SSSR count). The molecule has 0 unspecified atom stereocenters. The zero-order chi connectivity index (χ0) is 22.7. The van der Waals surface area contributed by atoms with Crippen LogP contribution in [0.4, 0.5) is 5.13 Å². The molecule has 0 atom stereocenters. The van der Waals surface area contributed by atoms with Crippen LogP contribution in [0, 0.1) is 0 Å². The van der Waals surface area contributed by atoms with Gasteiger partial charge in [-0.15, -0.1) is 0 Å². The average molecular weight is 466 g/mol. The Morgan fingerprint density at radius 3 is 2.50 bits per heavy atom. The van der Waals surface area contributed by atoms with Crippen molar-refractivity contribution in [1.29, 1.82) is 0 Å². The Morgan fingerprint density at radius 2 is 1.78 bits per heavy atom. The predicted molar refractivity (Wildman–Crippen MR) is 128 cm³/mol. The molecule has 2 aromatic carbocycles. The number of hydrogen-bond acceptors (Lipinski definition) is 6. The first-order valence-electron chi connectivity index (χ1n) is 10.4. The molecule has 0 aliphatic heterocycles. The van der Waals surface area contributed by atoms with E-state index in [2.05, 4.69) is 11.9 Å². The summed E-state index contributed by atoms with van der Waals surface area (Å²) in [5.41, 5.74) is 2.79. The van der Waals surface area contributed by atoms with E-state index in [9.17, 15) is 13.2 Å². The largest absolute Gasteiger partial charge is 0.278 e. The van der Waals surface area contributed by atoms with E-state index in [4.69, 9.17) is 4.98 Å². The van der Waals surface area contributed by atoms with Crippen LogP contribution in [0.1, 0.15) is 35.5 Å². The molecule has 0 saturated heterocycles. The minimum atomic E-state index is -3.58. The minimum absolute atomic E-state index is 0.0360. The number of pyridine rings is 1. The van der Waals surface area contributed by atoms with Crippen molar-refractivity contribution in [3.63, 3.8) is 0 Å². The quantitative estimate of drug-likeness (QED) is 0.388. The Morgan fingerprint density at radius 1 is 1.00 bits per heavy atom. The minimum Gasteiger partial charge on any atom is -0.278 e. The summed E-state index contributed by atoms with van der Waals surface area (Å²) in [6, 6.07) is 17.8. The fourth-order valence-electron chi connectivity index (χ4n) is 3.49. The summed E-state index contributed by atoms with van der Waals surface area (Å²) in [5, 5.41) is 0.514. The number of aromatic nitrogens is 2. The summed E-state index contributed by atoms with van der Waals surface area (Å²) in [7, 11) is -3.58. The van der Waals surface area contributed by atoms with Gasteiger partial charge in [0.1, 0.15) is 0 Å². The molecular weight excluding hydrogens is 442 g/mol. The third-order valence-electron chi connectivity index (χ3n) is 5.23. The average Bonchev–Trinajstić information content (AvgIpc) is 3.27. The highest BCUT2D eigenvalue weighted by Gasteiger charge is 2.27. The summed E-state index contributed by atoms with van der Waals surface area (Å²) < 4.78 is 26.3. The highest BCUT2D eigenvalue weighted by molar-refractivity contribution is 7.91. The van der Waals surface area contributed by atoms with E-state index in [1.54, 1.807) is 31.3 Å². The van der Waals surface area contributed by atoms with E-state index in [-0.39, 0.29) is 22.8 Å². The number of carbonyl (C=O) groups is 1. The highest BCUT2D eigenvalue weighted by atomic mass is 32.2. The van der Waals surface area contributed by atoms with Crippen LogP contribution < -0.4 is 4.90 Å². The van der Waals surface area contributed by atoms with Crippen LogP contribution in [0.15, 0.2) is 71.8 Å². The molecule has 0 aliphatic rings. The van der Waals surface area contributed by atoms with E-state index < -0.39 is 15.7 Å². The lowest BCUT2D eigenvalue weighted by atomic mass is 10.1. The van der Waals surface area contributed by atoms with Gasteiger partial charge in [0, 0.05) is 6.20 Å². The van der Waals surface area contributed by atoms with Gasteiger partial charge in [0.2, 0.25) is 0 Å². The molecule has 1 amide bonds. The van der Waals surface area contributed by atoms with Gasteiger partial charge in [-0.1, -0.05) is 55.5 Å². The number of benzene rings is 2. The van der Waals surface area contributed by atoms with E-state index >= 15 is 0 Å². The van der Waals surface area contributed by atoms with Gasteiger partial charge >= 0.3 is 0 Å². The number of fused-ring (bicyclic) bond motifs is 1. The Bertz CT molecular complexity index is 1370. The van der Waals surface area contributed by atoms with Gasteiger partial charge < -0.3 is 0 Å². The van der Waals surface area contributed by atoms with Gasteiger partial charge in [-0.05, 0) is 42.3 Å². The fourth-order valence-corrected chi connectivity index (χ4v) is 5.59. The van der Waals surface area contributed by atoms with Gasteiger partial charge in [0.05, 0.1) is 38.7 Å². The first-order chi connectivity index (χ1) is 15.4. The number of anilines is 1. The third kappa shape index (κ3) is 4.28. The van der Waals surface area contributed by atoms with Crippen LogP contribution in [-0.4, -0.2) is 30.0 Å². The molecule has 2 aromatic heterocycles. The number of amides is 1. The second kappa shape index (κ2) is 9.18. The summed E-state index contributed by atoms with van der Waals surface area (Å²) in [5.74, 6) is -0.501. The molecule has 0 bridgehead atoms. The second-order valence-corrected chi connectivity index (χ2v) is 10.5. The molecule has 32 heavy (non-hydrogen) atoms. The van der Waals surface area contributed by atoms with Gasteiger partial charge in [-0.3, -0.25) is 14.7 Å². The lowest BCUT2D eigenvalue weighted by Crippen LogP contribution is -2.32. The Kier molecular flexibility index (Phi) is 6.34. The van der Waals surface area contributed by atoms with Crippen molar-refractivity contribution in [3.05, 3.63) is 83.7 Å². The van der Waals surface area contributed by atoms with Crippen molar-refractivity contribution in [2.24, 2.45) is 0 Å². The Balaban J connectivity index is 1.86. The molecule has 0 spiro atoms.